The van der Waals surface area contributed by atoms with Crippen molar-refractivity contribution in [2.45, 2.75) is 37.1 Å². The van der Waals surface area contributed by atoms with Crippen molar-refractivity contribution >= 4 is 23.5 Å². The number of carbonyl (C=O) groups excluding carboxylic acids is 1. The lowest BCUT2D eigenvalue weighted by Crippen LogP contribution is -2.37. The second kappa shape index (κ2) is 5.42. The number of pyridine rings is 1. The molecule has 1 spiro atoms. The van der Waals surface area contributed by atoms with Gasteiger partial charge in [-0.15, -0.1) is 0 Å². The van der Waals surface area contributed by atoms with Crippen LogP contribution in [-0.2, 0) is 16.6 Å². The molecule has 1 atom stereocenters. The van der Waals surface area contributed by atoms with Crippen LogP contribution in [0, 0.1) is 0 Å². The molecule has 0 radical (unpaired) electrons. The van der Waals surface area contributed by atoms with Crippen molar-refractivity contribution < 1.29 is 4.79 Å². The zero-order chi connectivity index (χ0) is 18.8. The fourth-order valence-electron chi connectivity index (χ4n) is 4.26. The van der Waals surface area contributed by atoms with Crippen molar-refractivity contribution in [1.82, 2.24) is 19.9 Å². The first-order chi connectivity index (χ1) is 13.0. The van der Waals surface area contributed by atoms with E-state index in [0.717, 1.165) is 36.0 Å². The predicted octanol–water partition coefficient (Wildman–Crippen LogP) is 0.535. The normalized spacial score (nSPS) is 20.9. The van der Waals surface area contributed by atoms with E-state index >= 15 is 0 Å². The summed E-state index contributed by atoms with van der Waals surface area (Å²) < 4.78 is 1.50. The van der Waals surface area contributed by atoms with E-state index in [4.69, 9.17) is 11.5 Å². The molecule has 1 saturated carbocycles. The molecule has 0 aromatic carbocycles. The van der Waals surface area contributed by atoms with Crippen LogP contribution >= 0.6 is 0 Å². The van der Waals surface area contributed by atoms with Crippen LogP contribution in [-0.4, -0.2) is 27.0 Å². The number of nitrogens with zero attached hydrogens (tertiary/aromatic N) is 3. The number of amides is 1. The Kier molecular flexibility index (Phi) is 3.22. The van der Waals surface area contributed by atoms with Crippen LogP contribution in [0.25, 0.3) is 6.08 Å². The predicted molar refractivity (Wildman–Crippen MR) is 101 cm³/mol. The number of nitrogens with two attached hydrogens (primary N) is 2. The molecular weight excluding hydrogens is 344 g/mol. The van der Waals surface area contributed by atoms with Gasteiger partial charge < -0.3 is 16.8 Å². The summed E-state index contributed by atoms with van der Waals surface area (Å²) in [6.07, 6.45) is 8.46. The monoisotopic (exact) mass is 364 g/mol. The number of hydrogen-bond acceptors (Lipinski definition) is 6. The molecule has 0 bridgehead atoms. The van der Waals surface area contributed by atoms with E-state index in [9.17, 15) is 9.59 Å². The second-order valence-corrected chi connectivity index (χ2v) is 7.72. The van der Waals surface area contributed by atoms with Crippen LogP contribution in [0.1, 0.15) is 42.3 Å². The van der Waals surface area contributed by atoms with Crippen LogP contribution in [0.15, 0.2) is 28.8 Å². The Morgan fingerprint density at radius 3 is 2.89 bits per heavy atom. The highest BCUT2D eigenvalue weighted by Crippen LogP contribution is 2.56. The third-order valence-corrected chi connectivity index (χ3v) is 5.86. The van der Waals surface area contributed by atoms with Gasteiger partial charge in [0.2, 0.25) is 5.91 Å². The van der Waals surface area contributed by atoms with Crippen LogP contribution < -0.4 is 22.3 Å². The van der Waals surface area contributed by atoms with Crippen LogP contribution in [0.3, 0.4) is 0 Å². The molecule has 5 rings (SSSR count). The summed E-state index contributed by atoms with van der Waals surface area (Å²) in [5.41, 5.74) is 14.3. The molecule has 1 amide bonds. The lowest BCUT2D eigenvalue weighted by atomic mass is 10.0. The standard InChI is InChI=1S/C19H20N6O2/c20-13-9-24-18-19(1-2-19)6-14(25(18)17(13)27)16(26)23-7-10-3-11-5-15(21)22-8-12(11)4-10/h4-5,8-9,14H,1-3,6-7,20H2,(H2,21,22)(H,23,26)/t14-/m0/s1. The van der Waals surface area contributed by atoms with Gasteiger partial charge in [0, 0.05) is 18.2 Å². The van der Waals surface area contributed by atoms with Crippen molar-refractivity contribution in [1.29, 1.82) is 0 Å². The Morgan fingerprint density at radius 2 is 2.11 bits per heavy atom. The molecule has 3 heterocycles. The largest absolute Gasteiger partial charge is 0.393 e. The SMILES string of the molecule is Nc1cc2c(cn1)C=C(CNC(=O)[C@@H]1CC3(CC3)c3ncc(N)c(=O)n31)C2. The lowest BCUT2D eigenvalue weighted by Gasteiger charge is -2.15. The quantitative estimate of drug-likeness (QED) is 0.729. The Morgan fingerprint density at radius 1 is 1.30 bits per heavy atom. The molecule has 1 fully saturated rings. The average molecular weight is 364 g/mol. The minimum atomic E-state index is -0.548. The molecule has 2 aromatic heterocycles. The second-order valence-electron chi connectivity index (χ2n) is 7.72. The fraction of sp³-hybridized carbons (Fsp3) is 0.368. The zero-order valence-electron chi connectivity index (χ0n) is 14.7. The van der Waals surface area contributed by atoms with Gasteiger partial charge >= 0.3 is 0 Å². The first kappa shape index (κ1) is 16.0. The van der Waals surface area contributed by atoms with Crippen molar-refractivity contribution in [3.63, 3.8) is 0 Å². The van der Waals surface area contributed by atoms with Gasteiger partial charge in [0.25, 0.3) is 5.56 Å². The van der Waals surface area contributed by atoms with Crippen molar-refractivity contribution in [3.05, 3.63) is 51.3 Å². The summed E-state index contributed by atoms with van der Waals surface area (Å²) in [6, 6.07) is 1.31. The van der Waals surface area contributed by atoms with Crippen molar-refractivity contribution in [2.75, 3.05) is 18.0 Å². The summed E-state index contributed by atoms with van der Waals surface area (Å²) in [7, 11) is 0. The summed E-state index contributed by atoms with van der Waals surface area (Å²) >= 11 is 0. The highest BCUT2D eigenvalue weighted by atomic mass is 16.2. The van der Waals surface area contributed by atoms with Gasteiger partial charge in [-0.2, -0.15) is 0 Å². The lowest BCUT2D eigenvalue weighted by molar-refractivity contribution is -0.124. The highest BCUT2D eigenvalue weighted by Gasteiger charge is 2.56. The molecule has 27 heavy (non-hydrogen) atoms. The number of rotatable bonds is 3. The Labute approximate surface area is 155 Å². The van der Waals surface area contributed by atoms with Gasteiger partial charge in [-0.05, 0) is 48.4 Å². The minimum absolute atomic E-state index is 0.0771. The number of aromatic nitrogens is 3. The van der Waals surface area contributed by atoms with Crippen LogP contribution in [0.5, 0.6) is 0 Å². The van der Waals surface area contributed by atoms with Gasteiger partial charge in [0.1, 0.15) is 23.4 Å². The smallest absolute Gasteiger partial charge is 0.277 e. The number of nitrogens with one attached hydrogen (secondary N) is 1. The van der Waals surface area contributed by atoms with E-state index < -0.39 is 6.04 Å². The maximum atomic E-state index is 12.9. The maximum Gasteiger partial charge on any atom is 0.277 e. The molecular formula is C19H20N6O2. The third kappa shape index (κ3) is 2.43. The summed E-state index contributed by atoms with van der Waals surface area (Å²) in [4.78, 5) is 33.9. The van der Waals surface area contributed by atoms with Crippen molar-refractivity contribution in [3.8, 4) is 0 Å². The first-order valence-electron chi connectivity index (χ1n) is 9.06. The minimum Gasteiger partial charge on any atom is -0.393 e. The molecule has 0 unspecified atom stereocenters. The van der Waals surface area contributed by atoms with Gasteiger partial charge in [0.05, 0.1) is 6.20 Å². The van der Waals surface area contributed by atoms with Gasteiger partial charge in [-0.3, -0.25) is 14.2 Å². The number of hydrogen-bond donors (Lipinski definition) is 3. The molecule has 5 N–H and O–H groups in total. The topological polar surface area (TPSA) is 129 Å². The van der Waals surface area contributed by atoms with Crippen LogP contribution in [0.4, 0.5) is 11.5 Å². The van der Waals surface area contributed by atoms with E-state index in [1.54, 1.807) is 6.20 Å². The number of fused-ring (bicyclic) bond motifs is 3. The molecule has 2 aromatic rings. The molecule has 3 aliphatic rings. The third-order valence-electron chi connectivity index (χ3n) is 5.86. The maximum absolute atomic E-state index is 12.9. The molecule has 0 saturated heterocycles. The molecule has 2 aliphatic carbocycles. The van der Waals surface area contributed by atoms with E-state index in [-0.39, 0.29) is 22.6 Å². The summed E-state index contributed by atoms with van der Waals surface area (Å²) in [5.74, 6) is 1.04. The van der Waals surface area contributed by atoms with Crippen LogP contribution in [0.2, 0.25) is 0 Å². The zero-order valence-corrected chi connectivity index (χ0v) is 14.7. The first-order valence-corrected chi connectivity index (χ1v) is 9.06. The molecule has 1 aliphatic heterocycles. The van der Waals surface area contributed by atoms with E-state index in [1.807, 2.05) is 12.1 Å². The highest BCUT2D eigenvalue weighted by molar-refractivity contribution is 5.82. The summed E-state index contributed by atoms with van der Waals surface area (Å²) in [6.45, 7) is 0.427. The number of nitrogen functional groups attached to an aromatic ring is 2. The number of carbonyl (C=O) groups is 1. The van der Waals surface area contributed by atoms with E-state index in [1.165, 1.54) is 10.8 Å². The molecule has 8 heteroatoms. The summed E-state index contributed by atoms with van der Waals surface area (Å²) in [5, 5.41) is 2.98. The Hall–Kier alpha value is -3.16. The van der Waals surface area contributed by atoms with Gasteiger partial charge in [-0.25, -0.2) is 9.97 Å². The molecule has 8 nitrogen and oxygen atoms in total. The molecule has 138 valence electrons. The van der Waals surface area contributed by atoms with E-state index in [0.29, 0.717) is 24.6 Å². The van der Waals surface area contributed by atoms with Gasteiger partial charge in [0.15, 0.2) is 0 Å². The number of anilines is 2. The van der Waals surface area contributed by atoms with Crippen molar-refractivity contribution in [2.24, 2.45) is 0 Å². The fourth-order valence-corrected chi connectivity index (χ4v) is 4.26. The average Bonchev–Trinajstić information content (AvgIpc) is 3.18. The van der Waals surface area contributed by atoms with E-state index in [2.05, 4.69) is 15.3 Å². The Bertz CT molecular complexity index is 1070. The Balaban J connectivity index is 1.34. The van der Waals surface area contributed by atoms with Gasteiger partial charge in [-0.1, -0.05) is 6.08 Å².